The molecular formula is C11H17FO2. The van der Waals surface area contributed by atoms with Crippen molar-refractivity contribution in [1.29, 1.82) is 0 Å². The summed E-state index contributed by atoms with van der Waals surface area (Å²) in [4.78, 5) is 10.7. The molecule has 0 spiro atoms. The third-order valence-electron chi connectivity index (χ3n) is 1.76. The van der Waals surface area contributed by atoms with Crippen LogP contribution in [0.25, 0.3) is 0 Å². The normalized spacial score (nSPS) is 15.2. The van der Waals surface area contributed by atoms with Gasteiger partial charge in [-0.3, -0.25) is 4.79 Å². The largest absolute Gasteiger partial charge is 0.458 e. The van der Waals surface area contributed by atoms with E-state index in [1.54, 1.807) is 6.08 Å². The standard InChI is InChI=1S/C11H17FO2/c1-5-11(14-10(4)13)8(2)6-7-9(3)12/h6-7,11H,5H2,1-4H3/b8-6+,9-7+. The molecule has 0 fully saturated rings. The Morgan fingerprint density at radius 2 is 1.93 bits per heavy atom. The van der Waals surface area contributed by atoms with Crippen molar-refractivity contribution in [3.8, 4) is 0 Å². The minimum atomic E-state index is -0.314. The molecule has 0 heterocycles. The molecule has 2 nitrogen and oxygen atoms in total. The van der Waals surface area contributed by atoms with Gasteiger partial charge in [0.2, 0.25) is 0 Å². The van der Waals surface area contributed by atoms with Gasteiger partial charge >= 0.3 is 5.97 Å². The summed E-state index contributed by atoms with van der Waals surface area (Å²) in [6.45, 7) is 6.47. The van der Waals surface area contributed by atoms with Crippen LogP contribution in [0.2, 0.25) is 0 Å². The summed E-state index contributed by atoms with van der Waals surface area (Å²) in [6, 6.07) is 0. The lowest BCUT2D eigenvalue weighted by Gasteiger charge is -2.15. The highest BCUT2D eigenvalue weighted by atomic mass is 19.1. The van der Waals surface area contributed by atoms with Crippen LogP contribution < -0.4 is 0 Å². The fourth-order valence-electron chi connectivity index (χ4n) is 1.05. The van der Waals surface area contributed by atoms with E-state index in [1.807, 2.05) is 13.8 Å². The number of allylic oxidation sites excluding steroid dienone is 3. The van der Waals surface area contributed by atoms with Gasteiger partial charge in [-0.25, -0.2) is 4.39 Å². The number of esters is 1. The number of halogens is 1. The van der Waals surface area contributed by atoms with Crippen molar-refractivity contribution in [1.82, 2.24) is 0 Å². The topological polar surface area (TPSA) is 26.3 Å². The predicted molar refractivity (Wildman–Crippen MR) is 54.5 cm³/mol. The Bertz CT molecular complexity index is 250. The maximum Gasteiger partial charge on any atom is 0.303 e. The van der Waals surface area contributed by atoms with Crippen LogP contribution in [0, 0.1) is 0 Å². The van der Waals surface area contributed by atoms with Crippen molar-refractivity contribution >= 4 is 5.97 Å². The van der Waals surface area contributed by atoms with E-state index in [9.17, 15) is 9.18 Å². The summed E-state index contributed by atoms with van der Waals surface area (Å²) >= 11 is 0. The van der Waals surface area contributed by atoms with Crippen LogP contribution in [0.4, 0.5) is 4.39 Å². The van der Waals surface area contributed by atoms with Gasteiger partial charge in [0.25, 0.3) is 0 Å². The van der Waals surface area contributed by atoms with E-state index in [-0.39, 0.29) is 17.9 Å². The third-order valence-corrected chi connectivity index (χ3v) is 1.76. The summed E-state index contributed by atoms with van der Waals surface area (Å²) in [5, 5.41) is 0. The second-order valence-electron chi connectivity index (χ2n) is 3.17. The van der Waals surface area contributed by atoms with E-state index in [0.717, 1.165) is 5.57 Å². The quantitative estimate of drug-likeness (QED) is 0.514. The molecule has 14 heavy (non-hydrogen) atoms. The molecule has 0 aromatic heterocycles. The zero-order valence-electron chi connectivity index (χ0n) is 9.13. The van der Waals surface area contributed by atoms with Crippen molar-refractivity contribution < 1.29 is 13.9 Å². The van der Waals surface area contributed by atoms with E-state index in [1.165, 1.54) is 19.9 Å². The summed E-state index contributed by atoms with van der Waals surface area (Å²) in [5.41, 5.74) is 0.847. The summed E-state index contributed by atoms with van der Waals surface area (Å²) in [7, 11) is 0. The first-order valence-corrected chi connectivity index (χ1v) is 4.65. The van der Waals surface area contributed by atoms with Gasteiger partial charge in [-0.05, 0) is 31.9 Å². The molecule has 0 aliphatic carbocycles. The summed E-state index contributed by atoms with van der Waals surface area (Å²) < 4.78 is 17.4. The van der Waals surface area contributed by atoms with Gasteiger partial charge in [-0.1, -0.05) is 13.0 Å². The van der Waals surface area contributed by atoms with Gasteiger partial charge < -0.3 is 4.74 Å². The fourth-order valence-corrected chi connectivity index (χ4v) is 1.05. The second-order valence-corrected chi connectivity index (χ2v) is 3.17. The van der Waals surface area contributed by atoms with Gasteiger partial charge in [-0.15, -0.1) is 0 Å². The highest BCUT2D eigenvalue weighted by molar-refractivity contribution is 5.66. The molecule has 0 saturated carbocycles. The molecule has 0 saturated heterocycles. The molecule has 1 unspecified atom stereocenters. The van der Waals surface area contributed by atoms with E-state index in [4.69, 9.17) is 4.74 Å². The number of hydrogen-bond acceptors (Lipinski definition) is 2. The van der Waals surface area contributed by atoms with Crippen LogP contribution in [0.3, 0.4) is 0 Å². The van der Waals surface area contributed by atoms with Crippen LogP contribution in [0.15, 0.2) is 23.6 Å². The number of ether oxygens (including phenoxy) is 1. The first kappa shape index (κ1) is 12.9. The zero-order chi connectivity index (χ0) is 11.1. The van der Waals surface area contributed by atoms with Crippen molar-refractivity contribution in [2.45, 2.75) is 40.2 Å². The number of rotatable bonds is 4. The van der Waals surface area contributed by atoms with Crippen LogP contribution >= 0.6 is 0 Å². The Balaban J connectivity index is 4.44. The van der Waals surface area contributed by atoms with E-state index >= 15 is 0 Å². The molecule has 1 atom stereocenters. The minimum Gasteiger partial charge on any atom is -0.458 e. The molecule has 0 bridgehead atoms. The third kappa shape index (κ3) is 5.51. The van der Waals surface area contributed by atoms with Gasteiger partial charge in [0.15, 0.2) is 0 Å². The average Bonchev–Trinajstić information content (AvgIpc) is 2.09. The molecule has 0 aliphatic heterocycles. The Morgan fingerprint density at radius 1 is 1.36 bits per heavy atom. The molecule has 0 aromatic carbocycles. The molecular weight excluding hydrogens is 183 g/mol. The second kappa shape index (κ2) is 6.35. The Kier molecular flexibility index (Phi) is 5.84. The number of carbonyl (C=O) groups excluding carboxylic acids is 1. The number of carbonyl (C=O) groups is 1. The highest BCUT2D eigenvalue weighted by Gasteiger charge is 2.10. The Morgan fingerprint density at radius 3 is 2.29 bits per heavy atom. The minimum absolute atomic E-state index is 0.247. The van der Waals surface area contributed by atoms with E-state index in [0.29, 0.717) is 6.42 Å². The van der Waals surface area contributed by atoms with Gasteiger partial charge in [0, 0.05) is 6.92 Å². The maximum atomic E-state index is 12.4. The average molecular weight is 200 g/mol. The molecule has 80 valence electrons. The van der Waals surface area contributed by atoms with Crippen molar-refractivity contribution in [2.24, 2.45) is 0 Å². The molecule has 0 N–H and O–H groups in total. The van der Waals surface area contributed by atoms with Crippen LogP contribution in [0.1, 0.15) is 34.1 Å². The van der Waals surface area contributed by atoms with E-state index in [2.05, 4.69) is 0 Å². The van der Waals surface area contributed by atoms with Crippen LogP contribution in [-0.4, -0.2) is 12.1 Å². The lowest BCUT2D eigenvalue weighted by Crippen LogP contribution is -2.16. The lowest BCUT2D eigenvalue weighted by atomic mass is 10.1. The van der Waals surface area contributed by atoms with Crippen LogP contribution in [0.5, 0.6) is 0 Å². The van der Waals surface area contributed by atoms with Crippen molar-refractivity contribution in [3.63, 3.8) is 0 Å². The predicted octanol–water partition coefficient (Wildman–Crippen LogP) is 3.15. The summed E-state index contributed by atoms with van der Waals surface area (Å²) in [5.74, 6) is -0.576. The Hall–Kier alpha value is -1.12. The first-order chi connectivity index (χ1) is 6.47. The van der Waals surface area contributed by atoms with Crippen molar-refractivity contribution in [3.05, 3.63) is 23.6 Å². The highest BCUT2D eigenvalue weighted by Crippen LogP contribution is 2.11. The van der Waals surface area contributed by atoms with Crippen molar-refractivity contribution in [2.75, 3.05) is 0 Å². The molecule has 0 aliphatic rings. The molecule has 0 amide bonds. The number of hydrogen-bond donors (Lipinski definition) is 0. The molecule has 0 rings (SSSR count). The smallest absolute Gasteiger partial charge is 0.303 e. The zero-order valence-corrected chi connectivity index (χ0v) is 9.13. The fraction of sp³-hybridized carbons (Fsp3) is 0.545. The SMILES string of the molecule is CCC(OC(C)=O)/C(C)=C/C=C(\C)F. The molecule has 0 radical (unpaired) electrons. The summed E-state index contributed by atoms with van der Waals surface area (Å²) in [6.07, 6.45) is 3.44. The monoisotopic (exact) mass is 200 g/mol. The van der Waals surface area contributed by atoms with Crippen LogP contribution in [-0.2, 0) is 9.53 Å². The molecule has 0 aromatic rings. The Labute approximate surface area is 84.5 Å². The first-order valence-electron chi connectivity index (χ1n) is 4.65. The van der Waals surface area contributed by atoms with Gasteiger partial charge in [0.05, 0.1) is 5.83 Å². The van der Waals surface area contributed by atoms with Gasteiger partial charge in [0.1, 0.15) is 6.10 Å². The van der Waals surface area contributed by atoms with Gasteiger partial charge in [-0.2, -0.15) is 0 Å². The molecule has 3 heteroatoms. The van der Waals surface area contributed by atoms with E-state index < -0.39 is 0 Å². The maximum absolute atomic E-state index is 12.4. The lowest BCUT2D eigenvalue weighted by molar-refractivity contribution is -0.144.